The van der Waals surface area contributed by atoms with E-state index in [1.165, 1.54) is 11.0 Å². The maximum Gasteiger partial charge on any atom is 0.265 e. The zero-order chi connectivity index (χ0) is 20.1. The lowest BCUT2D eigenvalue weighted by molar-refractivity contribution is 0.0893. The van der Waals surface area contributed by atoms with E-state index in [9.17, 15) is 14.7 Å². The summed E-state index contributed by atoms with van der Waals surface area (Å²) in [6.45, 7) is 6.51. The Morgan fingerprint density at radius 3 is 2.11 bits per heavy atom. The summed E-state index contributed by atoms with van der Waals surface area (Å²) in [4.78, 5) is 27.5. The van der Waals surface area contributed by atoms with Crippen molar-refractivity contribution in [1.82, 2.24) is 5.32 Å². The van der Waals surface area contributed by atoms with Gasteiger partial charge in [0.15, 0.2) is 0 Å². The van der Waals surface area contributed by atoms with Gasteiger partial charge in [0.1, 0.15) is 5.75 Å². The highest BCUT2D eigenvalue weighted by atomic mass is 16.3. The second kappa shape index (κ2) is 6.46. The van der Waals surface area contributed by atoms with Crippen LogP contribution in [0.4, 0.5) is 5.69 Å². The molecule has 0 fully saturated rings. The van der Waals surface area contributed by atoms with Crippen molar-refractivity contribution in [3.63, 3.8) is 0 Å². The molecule has 4 rings (SSSR count). The Hall–Kier alpha value is -3.18. The van der Waals surface area contributed by atoms with Crippen LogP contribution in [-0.4, -0.2) is 22.5 Å². The lowest BCUT2D eigenvalue weighted by Gasteiger charge is -2.28. The highest BCUT2D eigenvalue weighted by Gasteiger charge is 2.34. The van der Waals surface area contributed by atoms with Crippen LogP contribution >= 0.6 is 0 Å². The predicted molar refractivity (Wildman–Crippen MR) is 110 cm³/mol. The van der Waals surface area contributed by atoms with E-state index in [0.717, 1.165) is 5.39 Å². The van der Waals surface area contributed by atoms with E-state index >= 15 is 0 Å². The van der Waals surface area contributed by atoms with Gasteiger partial charge in [-0.3, -0.25) is 9.59 Å². The van der Waals surface area contributed by atoms with Crippen molar-refractivity contribution < 1.29 is 14.7 Å². The molecule has 0 aliphatic carbocycles. The quantitative estimate of drug-likeness (QED) is 0.673. The van der Waals surface area contributed by atoms with Gasteiger partial charge in [-0.25, -0.2) is 4.90 Å². The number of anilines is 1. The summed E-state index contributed by atoms with van der Waals surface area (Å²) in [6.07, 6.45) is 0. The monoisotopic (exact) mass is 374 g/mol. The number of hydrogen-bond acceptors (Lipinski definition) is 4. The van der Waals surface area contributed by atoms with E-state index in [0.29, 0.717) is 34.3 Å². The number of nitrogens with one attached hydrogen (secondary N) is 1. The number of hydrogen-bond donors (Lipinski definition) is 2. The van der Waals surface area contributed by atoms with Crippen LogP contribution in [0.1, 0.15) is 47.1 Å². The zero-order valence-electron chi connectivity index (χ0n) is 16.1. The lowest BCUT2D eigenvalue weighted by atomic mass is 9.93. The molecule has 3 aromatic carbocycles. The Kier molecular flexibility index (Phi) is 4.20. The first kappa shape index (κ1) is 18.2. The van der Waals surface area contributed by atoms with Gasteiger partial charge < -0.3 is 10.4 Å². The van der Waals surface area contributed by atoms with Crippen molar-refractivity contribution in [2.75, 3.05) is 4.90 Å². The molecule has 0 unspecified atom stereocenters. The van der Waals surface area contributed by atoms with E-state index in [2.05, 4.69) is 5.32 Å². The van der Waals surface area contributed by atoms with Gasteiger partial charge >= 0.3 is 0 Å². The second-order valence-electron chi connectivity index (χ2n) is 8.07. The van der Waals surface area contributed by atoms with E-state index in [1.807, 2.05) is 45.0 Å². The minimum atomic E-state index is -0.352. The molecule has 1 aliphatic rings. The van der Waals surface area contributed by atoms with E-state index < -0.39 is 0 Å². The van der Waals surface area contributed by atoms with Crippen molar-refractivity contribution in [1.29, 1.82) is 0 Å². The molecule has 28 heavy (non-hydrogen) atoms. The second-order valence-corrected chi connectivity index (χ2v) is 8.07. The van der Waals surface area contributed by atoms with Crippen LogP contribution in [0.3, 0.4) is 0 Å². The average molecular weight is 374 g/mol. The molecule has 5 nitrogen and oxygen atoms in total. The molecular formula is C23H22N2O3. The number of nitrogens with zero attached hydrogens (tertiary/aromatic N) is 1. The van der Waals surface area contributed by atoms with Gasteiger partial charge in [-0.05, 0) is 56.5 Å². The van der Waals surface area contributed by atoms with Crippen molar-refractivity contribution in [3.8, 4) is 5.75 Å². The summed E-state index contributed by atoms with van der Waals surface area (Å²) >= 11 is 0. The van der Waals surface area contributed by atoms with Gasteiger partial charge in [-0.2, -0.15) is 0 Å². The molecule has 1 heterocycles. The molecule has 2 amide bonds. The Morgan fingerprint density at radius 1 is 0.929 bits per heavy atom. The number of carbonyl (C=O) groups excluding carboxylic acids is 2. The van der Waals surface area contributed by atoms with Crippen molar-refractivity contribution in [2.24, 2.45) is 0 Å². The molecule has 0 bridgehead atoms. The van der Waals surface area contributed by atoms with Crippen LogP contribution in [0.15, 0.2) is 54.6 Å². The molecule has 0 saturated heterocycles. The molecule has 0 spiro atoms. The molecule has 2 N–H and O–H groups in total. The highest BCUT2D eigenvalue weighted by Crippen LogP contribution is 2.34. The molecule has 3 aromatic rings. The van der Waals surface area contributed by atoms with Crippen molar-refractivity contribution >= 4 is 28.3 Å². The first-order chi connectivity index (χ1) is 13.3. The third kappa shape index (κ3) is 3.04. The number of phenols is 1. The third-order valence-corrected chi connectivity index (χ3v) is 4.90. The molecule has 0 atom stereocenters. The highest BCUT2D eigenvalue weighted by molar-refractivity contribution is 6.35. The van der Waals surface area contributed by atoms with Gasteiger partial charge in [0.25, 0.3) is 11.8 Å². The average Bonchev–Trinajstić information content (AvgIpc) is 2.65. The summed E-state index contributed by atoms with van der Waals surface area (Å²) in [5.74, 6) is -0.579. The van der Waals surface area contributed by atoms with Gasteiger partial charge in [0.05, 0.1) is 5.69 Å². The Morgan fingerprint density at radius 2 is 1.54 bits per heavy atom. The van der Waals surface area contributed by atoms with Crippen molar-refractivity contribution in [2.45, 2.75) is 32.9 Å². The van der Waals surface area contributed by atoms with Crippen LogP contribution in [0.5, 0.6) is 5.75 Å². The molecule has 0 aromatic heterocycles. The maximum atomic E-state index is 13.2. The van der Waals surface area contributed by atoms with Crippen LogP contribution in [0.2, 0.25) is 0 Å². The van der Waals surface area contributed by atoms with E-state index in [4.69, 9.17) is 0 Å². The number of imide groups is 1. The van der Waals surface area contributed by atoms with E-state index in [1.54, 1.807) is 24.3 Å². The first-order valence-corrected chi connectivity index (χ1v) is 9.24. The van der Waals surface area contributed by atoms with Crippen molar-refractivity contribution in [3.05, 3.63) is 71.3 Å². The summed E-state index contributed by atoms with van der Waals surface area (Å²) in [5.41, 5.74) is 1.97. The number of rotatable bonds is 3. The minimum Gasteiger partial charge on any atom is -0.508 e. The summed E-state index contributed by atoms with van der Waals surface area (Å²) in [7, 11) is 0. The SMILES string of the molecule is CC(C)(C)NCc1cc(N2C(=O)c3cccc4cccc(c34)C2=O)ccc1O. The van der Waals surface area contributed by atoms with Crippen LogP contribution in [0.25, 0.3) is 10.8 Å². The minimum absolute atomic E-state index is 0.125. The van der Waals surface area contributed by atoms with Gasteiger partial charge in [-0.15, -0.1) is 0 Å². The summed E-state index contributed by atoms with van der Waals surface area (Å²) in [5, 5.41) is 15.1. The fourth-order valence-corrected chi connectivity index (χ4v) is 3.48. The molecule has 5 heteroatoms. The fourth-order valence-electron chi connectivity index (χ4n) is 3.48. The lowest BCUT2D eigenvalue weighted by Crippen LogP contribution is -2.40. The number of carbonyl (C=O) groups is 2. The maximum absolute atomic E-state index is 13.2. The van der Waals surface area contributed by atoms with Gasteiger partial charge in [0.2, 0.25) is 0 Å². The molecule has 1 aliphatic heterocycles. The van der Waals surface area contributed by atoms with E-state index in [-0.39, 0.29) is 23.1 Å². The smallest absolute Gasteiger partial charge is 0.265 e. The van der Waals surface area contributed by atoms with Crippen LogP contribution in [0, 0.1) is 0 Å². The largest absolute Gasteiger partial charge is 0.508 e. The normalized spacial score (nSPS) is 14.0. The predicted octanol–water partition coefficient (Wildman–Crippen LogP) is 4.23. The van der Waals surface area contributed by atoms with Gasteiger partial charge in [-0.1, -0.05) is 24.3 Å². The standard InChI is InChI=1S/C23H22N2O3/c1-23(2,3)24-13-15-12-16(10-11-19(15)26)25-21(27)17-8-4-6-14-7-5-9-18(20(14)17)22(25)28/h4-12,24,26H,13H2,1-3H3. The molecule has 0 radical (unpaired) electrons. The number of benzene rings is 3. The summed E-state index contributed by atoms with van der Waals surface area (Å²) in [6, 6.07) is 15.7. The van der Waals surface area contributed by atoms with Crippen LogP contribution < -0.4 is 10.2 Å². The Labute approximate surface area is 163 Å². The summed E-state index contributed by atoms with van der Waals surface area (Å²) < 4.78 is 0. The molecule has 0 saturated carbocycles. The number of amides is 2. The van der Waals surface area contributed by atoms with Gasteiger partial charge in [0, 0.05) is 34.2 Å². The van der Waals surface area contributed by atoms with Crippen LogP contribution in [-0.2, 0) is 6.54 Å². The first-order valence-electron chi connectivity index (χ1n) is 9.24. The third-order valence-electron chi connectivity index (χ3n) is 4.90. The number of aromatic hydroxyl groups is 1. The Bertz CT molecular complexity index is 1060. The topological polar surface area (TPSA) is 69.6 Å². The fraction of sp³-hybridized carbons (Fsp3) is 0.217. The molecule has 142 valence electrons. The molecular weight excluding hydrogens is 352 g/mol. The zero-order valence-corrected chi connectivity index (χ0v) is 16.1. The number of phenolic OH excluding ortho intramolecular Hbond substituents is 1. The Balaban J connectivity index is 1.78.